The number of nitrogens with zero attached hydrogens (tertiary/aromatic N) is 4. The molecule has 0 aromatic heterocycles. The molecule has 358 valence electrons. The van der Waals surface area contributed by atoms with E-state index in [1.54, 1.807) is 18.2 Å². The lowest BCUT2D eigenvalue weighted by Gasteiger charge is -2.51. The largest absolute Gasteiger partial charge is 0.488 e. The predicted molar refractivity (Wildman–Crippen MR) is 242 cm³/mol. The summed E-state index contributed by atoms with van der Waals surface area (Å²) in [4.78, 5) is 53.4. The van der Waals surface area contributed by atoms with Crippen LogP contribution in [0, 0.1) is 24.4 Å². The number of amides is 3. The molecule has 1 aliphatic carbocycles. The lowest BCUT2D eigenvalue weighted by Crippen LogP contribution is -2.66. The van der Waals surface area contributed by atoms with Crippen molar-refractivity contribution in [2.45, 2.75) is 93.4 Å². The molecule has 13 nitrogen and oxygen atoms in total. The summed E-state index contributed by atoms with van der Waals surface area (Å²) in [6.07, 6.45) is 1.40. The van der Waals surface area contributed by atoms with Crippen molar-refractivity contribution in [3.63, 3.8) is 0 Å². The molecule has 2 atom stereocenters. The zero-order chi connectivity index (χ0) is 48.2. The molecular formula is C48H50Cl3F3N4O9. The molecule has 2 fully saturated rings. The lowest BCUT2D eigenvalue weighted by molar-refractivity contribution is -0.497. The third-order valence-electron chi connectivity index (χ3n) is 12.0. The summed E-state index contributed by atoms with van der Waals surface area (Å²) < 4.78 is 57.0. The first-order valence-electron chi connectivity index (χ1n) is 21.7. The van der Waals surface area contributed by atoms with Gasteiger partial charge in [-0.1, -0.05) is 101 Å². The van der Waals surface area contributed by atoms with Gasteiger partial charge in [-0.05, 0) is 111 Å². The summed E-state index contributed by atoms with van der Waals surface area (Å²) in [7, 11) is 0. The topological polar surface area (TPSA) is 142 Å². The molecule has 0 spiro atoms. The fourth-order valence-corrected chi connectivity index (χ4v) is 8.28. The highest BCUT2D eigenvalue weighted by molar-refractivity contribution is 6.68. The maximum Gasteiger partial charge on any atom is 0.415 e. The van der Waals surface area contributed by atoms with Gasteiger partial charge in [0.2, 0.25) is 9.61 Å². The Hall–Kier alpha value is -5.07. The Balaban J connectivity index is 1.22. The molecular weight excluding hydrogens is 940 g/mol. The van der Waals surface area contributed by atoms with Crippen LogP contribution in [0.4, 0.5) is 22.8 Å². The van der Waals surface area contributed by atoms with Crippen molar-refractivity contribution in [1.29, 1.82) is 0 Å². The Morgan fingerprint density at radius 2 is 1.51 bits per heavy atom. The molecule has 1 saturated carbocycles. The zero-order valence-electron chi connectivity index (χ0n) is 36.9. The molecule has 0 radical (unpaired) electrons. The molecule has 67 heavy (non-hydrogen) atoms. The molecule has 3 aliphatic rings. The summed E-state index contributed by atoms with van der Waals surface area (Å²) >= 11 is 18.9. The number of hydrogen-bond acceptors (Lipinski definition) is 10. The van der Waals surface area contributed by atoms with E-state index in [4.69, 9.17) is 64.3 Å². The van der Waals surface area contributed by atoms with Gasteiger partial charge in [-0.25, -0.2) is 23.2 Å². The number of ether oxygens (including phenoxy) is 3. The molecule has 2 aliphatic heterocycles. The minimum atomic E-state index is -2.03. The number of alkyl halides is 3. The highest BCUT2D eigenvalue weighted by Crippen LogP contribution is 2.44. The fraction of sp³-hybridized carbons (Fsp3) is 0.396. The van der Waals surface area contributed by atoms with Crippen LogP contribution < -0.4 is 9.47 Å². The SMILES string of the molecule is Cc1ccc(CCN(C(=O)C2=C(c3ccc(CCCOc4c(F)ccc(F)c4F)cc3)CC3CN(C(=O)Oc4cccc(CON(O)O)c4)CC2N3C(=O)OC(C)(C)C(Cl)(Cl)Cl)C2CC2)cc1. The fourth-order valence-electron chi connectivity index (χ4n) is 8.16. The van der Waals surface area contributed by atoms with Crippen LogP contribution in [-0.2, 0) is 33.8 Å². The molecule has 2 N–H and O–H groups in total. The van der Waals surface area contributed by atoms with Crippen molar-refractivity contribution in [3.8, 4) is 11.5 Å². The Bertz CT molecular complexity index is 2470. The number of benzene rings is 4. The number of piperazine rings is 1. The van der Waals surface area contributed by atoms with Gasteiger partial charge in [-0.2, -0.15) is 4.39 Å². The van der Waals surface area contributed by atoms with E-state index in [9.17, 15) is 22.8 Å². The van der Waals surface area contributed by atoms with Crippen molar-refractivity contribution < 1.29 is 57.0 Å². The van der Waals surface area contributed by atoms with E-state index >= 15 is 4.79 Å². The molecule has 3 amide bonds. The normalized spacial score (nSPS) is 17.4. The summed E-state index contributed by atoms with van der Waals surface area (Å²) in [5.41, 5.74) is 3.48. The molecule has 2 heterocycles. The van der Waals surface area contributed by atoms with Gasteiger partial charge in [0, 0.05) is 31.2 Å². The second kappa shape index (κ2) is 21.1. The highest BCUT2D eigenvalue weighted by Gasteiger charge is 2.52. The summed E-state index contributed by atoms with van der Waals surface area (Å²) in [6.45, 7) is 4.73. The summed E-state index contributed by atoms with van der Waals surface area (Å²) in [5.74, 6) is -4.58. The van der Waals surface area contributed by atoms with Crippen LogP contribution in [-0.4, -0.2) is 102 Å². The van der Waals surface area contributed by atoms with Crippen LogP contribution in [0.25, 0.3) is 5.57 Å². The van der Waals surface area contributed by atoms with E-state index in [1.165, 1.54) is 29.7 Å². The van der Waals surface area contributed by atoms with Crippen molar-refractivity contribution in [2.75, 3.05) is 26.2 Å². The maximum atomic E-state index is 15.4. The number of carbonyl (C=O) groups excluding carboxylic acids is 3. The Morgan fingerprint density at radius 1 is 0.836 bits per heavy atom. The molecule has 1 saturated heterocycles. The van der Waals surface area contributed by atoms with Crippen LogP contribution >= 0.6 is 34.8 Å². The van der Waals surface area contributed by atoms with Gasteiger partial charge < -0.3 is 24.0 Å². The van der Waals surface area contributed by atoms with Gasteiger partial charge in [-0.15, -0.1) is 0 Å². The maximum absolute atomic E-state index is 15.4. The molecule has 7 rings (SSSR count). The Labute approximate surface area is 400 Å². The van der Waals surface area contributed by atoms with Crippen molar-refractivity contribution in [3.05, 3.63) is 136 Å². The van der Waals surface area contributed by atoms with Crippen molar-refractivity contribution >= 4 is 58.5 Å². The molecule has 19 heteroatoms. The van der Waals surface area contributed by atoms with Gasteiger partial charge in [0.1, 0.15) is 5.75 Å². The van der Waals surface area contributed by atoms with E-state index in [0.717, 1.165) is 35.6 Å². The Morgan fingerprint density at radius 3 is 2.18 bits per heavy atom. The van der Waals surface area contributed by atoms with E-state index in [2.05, 4.69) is 0 Å². The van der Waals surface area contributed by atoms with Crippen LogP contribution in [0.3, 0.4) is 0 Å². The molecule has 4 aromatic rings. The van der Waals surface area contributed by atoms with Crippen molar-refractivity contribution in [1.82, 2.24) is 20.1 Å². The summed E-state index contributed by atoms with van der Waals surface area (Å²) in [5, 5.41) is 17.6. The van der Waals surface area contributed by atoms with E-state index in [-0.39, 0.29) is 56.0 Å². The minimum absolute atomic E-state index is 0.0409. The van der Waals surface area contributed by atoms with Crippen LogP contribution in [0.15, 0.2) is 90.5 Å². The number of hydrogen-bond donors (Lipinski definition) is 2. The number of halogens is 6. The second-order valence-corrected chi connectivity index (χ2v) is 19.6. The number of fused-ring (bicyclic) bond motifs is 2. The number of carbonyl (C=O) groups is 3. The molecule has 2 unspecified atom stereocenters. The standard InChI is InChI=1S/C48H50Cl3F3N4O9/c1-29-9-11-31(12-10-29)21-22-56(34-17-18-34)44(59)41-37(33-15-13-30(14-16-33)7-5-23-64-43-39(53)20-19-38(52)42(43)54)25-35-26-55(27-40(41)57(35)46(61)67-47(2,3)48(49,50)51)45(60)66-36-8-4-6-32(24-36)28-65-58(62)63/h4,6,8-16,19-20,24,34-35,40,62-63H,5,7,17-18,21-23,25-28H2,1-3H3. The third kappa shape index (κ3) is 12.2. The first-order chi connectivity index (χ1) is 31.8. The van der Waals surface area contributed by atoms with E-state index in [1.807, 2.05) is 60.4 Å². The quantitative estimate of drug-likeness (QED) is 0.0482. The third-order valence-corrected chi connectivity index (χ3v) is 13.4. The zero-order valence-corrected chi connectivity index (χ0v) is 39.2. The summed E-state index contributed by atoms with van der Waals surface area (Å²) in [6, 6.07) is 21.4. The number of rotatable bonds is 16. The van der Waals surface area contributed by atoms with Gasteiger partial charge >= 0.3 is 12.2 Å². The average molecular weight is 990 g/mol. The highest BCUT2D eigenvalue weighted by atomic mass is 35.6. The smallest absolute Gasteiger partial charge is 0.415 e. The van der Waals surface area contributed by atoms with Gasteiger partial charge in [0.15, 0.2) is 23.0 Å². The molecule has 2 bridgehead atoms. The van der Waals surface area contributed by atoms with E-state index in [0.29, 0.717) is 48.6 Å². The molecule has 4 aromatic carbocycles. The van der Waals surface area contributed by atoms with Crippen LogP contribution in [0.1, 0.15) is 67.3 Å². The lowest BCUT2D eigenvalue weighted by atomic mass is 9.81. The second-order valence-electron chi connectivity index (χ2n) is 17.3. The van der Waals surface area contributed by atoms with Gasteiger partial charge in [0.25, 0.3) is 5.91 Å². The first kappa shape index (κ1) is 49.8. The van der Waals surface area contributed by atoms with Crippen LogP contribution in [0.2, 0.25) is 0 Å². The van der Waals surface area contributed by atoms with Crippen molar-refractivity contribution in [2.24, 2.45) is 0 Å². The average Bonchev–Trinajstić information content (AvgIpc) is 4.12. The monoisotopic (exact) mass is 988 g/mol. The van der Waals surface area contributed by atoms with E-state index < -0.39 is 62.3 Å². The number of aryl methyl sites for hydroxylation is 2. The minimum Gasteiger partial charge on any atom is -0.488 e. The first-order valence-corrected chi connectivity index (χ1v) is 22.8. The van der Waals surface area contributed by atoms with Crippen LogP contribution in [0.5, 0.6) is 11.5 Å². The predicted octanol–water partition coefficient (Wildman–Crippen LogP) is 10.2. The van der Waals surface area contributed by atoms with Gasteiger partial charge in [0.05, 0.1) is 30.7 Å². The van der Waals surface area contributed by atoms with Gasteiger partial charge in [-0.3, -0.25) is 20.1 Å². The Kier molecular flexibility index (Phi) is 15.7.